The van der Waals surface area contributed by atoms with Gasteiger partial charge in [0.25, 0.3) is 5.91 Å². The summed E-state index contributed by atoms with van der Waals surface area (Å²) in [5.41, 5.74) is 1.99. The van der Waals surface area contributed by atoms with Gasteiger partial charge in [-0.05, 0) is 60.4 Å². The van der Waals surface area contributed by atoms with E-state index in [0.29, 0.717) is 18.8 Å². The summed E-state index contributed by atoms with van der Waals surface area (Å²) in [6.45, 7) is 5.06. The fourth-order valence-electron chi connectivity index (χ4n) is 3.32. The van der Waals surface area contributed by atoms with Gasteiger partial charge in [0.2, 0.25) is 5.91 Å². The lowest BCUT2D eigenvalue weighted by molar-refractivity contribution is -0.137. The Balaban J connectivity index is 1.71. The zero-order valence-corrected chi connectivity index (χ0v) is 16.3. The predicted octanol–water partition coefficient (Wildman–Crippen LogP) is 4.89. The molecule has 154 valence electrons. The van der Waals surface area contributed by atoms with Crippen molar-refractivity contribution >= 4 is 17.5 Å². The van der Waals surface area contributed by atoms with E-state index in [-0.39, 0.29) is 17.4 Å². The Morgan fingerprint density at radius 1 is 1.10 bits per heavy atom. The first-order valence-corrected chi connectivity index (χ1v) is 9.58. The average molecular weight is 404 g/mol. The summed E-state index contributed by atoms with van der Waals surface area (Å²) in [6, 6.07) is 9.61. The molecular weight excluding hydrogens is 381 g/mol. The maximum absolute atomic E-state index is 12.7. The second kappa shape index (κ2) is 8.27. The largest absolute Gasteiger partial charge is 0.416 e. The fourth-order valence-corrected chi connectivity index (χ4v) is 3.32. The van der Waals surface area contributed by atoms with E-state index in [1.165, 1.54) is 0 Å². The molecule has 1 N–H and O–H groups in total. The number of hydrogen-bond acceptors (Lipinski definition) is 2. The van der Waals surface area contributed by atoms with Crippen molar-refractivity contribution in [1.29, 1.82) is 0 Å². The van der Waals surface area contributed by atoms with Crippen molar-refractivity contribution in [2.24, 2.45) is 5.92 Å². The number of amides is 2. The molecule has 2 aromatic rings. The van der Waals surface area contributed by atoms with Crippen LogP contribution in [0.25, 0.3) is 0 Å². The number of carbonyl (C=O) groups excluding carboxylic acids is 2. The van der Waals surface area contributed by atoms with Crippen LogP contribution >= 0.6 is 0 Å². The summed E-state index contributed by atoms with van der Waals surface area (Å²) in [7, 11) is 0. The van der Waals surface area contributed by atoms with E-state index in [9.17, 15) is 22.8 Å². The van der Waals surface area contributed by atoms with Crippen LogP contribution in [0.3, 0.4) is 0 Å². The smallest absolute Gasteiger partial charge is 0.338 e. The van der Waals surface area contributed by atoms with Gasteiger partial charge in [-0.2, -0.15) is 13.2 Å². The standard InChI is InChI=1S/C22H23F3N2O2/c1-3-14(2)21(29)27-11-10-15-6-9-19(12-17(15)13-27)26-20(28)16-4-7-18(8-5-16)22(23,24)25/h4-9,12,14H,3,10-11,13H2,1-2H3,(H,26,28). The van der Waals surface area contributed by atoms with Gasteiger partial charge in [-0.3, -0.25) is 9.59 Å². The van der Waals surface area contributed by atoms with Crippen molar-refractivity contribution in [2.45, 2.75) is 39.4 Å². The van der Waals surface area contributed by atoms with Crippen LogP contribution in [0.2, 0.25) is 0 Å². The Bertz CT molecular complexity index is 907. The third-order valence-electron chi connectivity index (χ3n) is 5.30. The van der Waals surface area contributed by atoms with Gasteiger partial charge in [-0.1, -0.05) is 19.9 Å². The third-order valence-corrected chi connectivity index (χ3v) is 5.30. The fraction of sp³-hybridized carbons (Fsp3) is 0.364. The molecule has 29 heavy (non-hydrogen) atoms. The first-order chi connectivity index (χ1) is 13.7. The number of benzene rings is 2. The van der Waals surface area contributed by atoms with E-state index in [1.807, 2.05) is 30.9 Å². The van der Waals surface area contributed by atoms with Crippen LogP contribution in [0.5, 0.6) is 0 Å². The molecule has 1 unspecified atom stereocenters. The lowest BCUT2D eigenvalue weighted by Crippen LogP contribution is -2.38. The van der Waals surface area contributed by atoms with Gasteiger partial charge >= 0.3 is 6.18 Å². The molecule has 0 saturated carbocycles. The van der Waals surface area contributed by atoms with E-state index in [4.69, 9.17) is 0 Å². The van der Waals surface area contributed by atoms with Crippen molar-refractivity contribution in [3.63, 3.8) is 0 Å². The molecule has 2 aromatic carbocycles. The maximum Gasteiger partial charge on any atom is 0.416 e. The van der Waals surface area contributed by atoms with Crippen LogP contribution < -0.4 is 5.32 Å². The van der Waals surface area contributed by atoms with Gasteiger partial charge in [0.15, 0.2) is 0 Å². The van der Waals surface area contributed by atoms with Crippen LogP contribution in [-0.4, -0.2) is 23.3 Å². The molecule has 1 atom stereocenters. The molecule has 4 nitrogen and oxygen atoms in total. The van der Waals surface area contributed by atoms with Crippen molar-refractivity contribution in [3.05, 3.63) is 64.7 Å². The number of alkyl halides is 3. The number of fused-ring (bicyclic) bond motifs is 1. The maximum atomic E-state index is 12.7. The molecule has 1 aliphatic heterocycles. The van der Waals surface area contributed by atoms with Crippen LogP contribution in [0.1, 0.15) is 47.3 Å². The molecule has 3 rings (SSSR count). The van der Waals surface area contributed by atoms with E-state index >= 15 is 0 Å². The molecule has 7 heteroatoms. The summed E-state index contributed by atoms with van der Waals surface area (Å²) in [5.74, 6) is -0.390. The second-order valence-electron chi connectivity index (χ2n) is 7.33. The molecule has 1 heterocycles. The zero-order chi connectivity index (χ0) is 21.2. The Labute approximate surface area is 167 Å². The first-order valence-electron chi connectivity index (χ1n) is 9.58. The Kier molecular flexibility index (Phi) is 5.96. The number of nitrogens with zero attached hydrogens (tertiary/aromatic N) is 1. The van der Waals surface area contributed by atoms with E-state index in [2.05, 4.69) is 5.32 Å². The minimum atomic E-state index is -4.44. The van der Waals surface area contributed by atoms with Crippen molar-refractivity contribution in [1.82, 2.24) is 4.90 Å². The summed E-state index contributed by atoms with van der Waals surface area (Å²) < 4.78 is 38.0. The molecule has 0 radical (unpaired) electrons. The Morgan fingerprint density at radius 2 is 1.79 bits per heavy atom. The topological polar surface area (TPSA) is 49.4 Å². The number of nitrogens with one attached hydrogen (secondary N) is 1. The Morgan fingerprint density at radius 3 is 2.41 bits per heavy atom. The number of anilines is 1. The summed E-state index contributed by atoms with van der Waals surface area (Å²) in [6.07, 6.45) is -2.90. The lowest BCUT2D eigenvalue weighted by atomic mass is 9.97. The molecule has 0 aliphatic carbocycles. The summed E-state index contributed by atoms with van der Waals surface area (Å²) >= 11 is 0. The highest BCUT2D eigenvalue weighted by molar-refractivity contribution is 6.04. The lowest BCUT2D eigenvalue weighted by Gasteiger charge is -2.31. The molecule has 0 fully saturated rings. The highest BCUT2D eigenvalue weighted by Crippen LogP contribution is 2.29. The molecule has 0 spiro atoms. The SMILES string of the molecule is CCC(C)C(=O)N1CCc2ccc(NC(=O)c3ccc(C(F)(F)F)cc3)cc2C1. The highest BCUT2D eigenvalue weighted by atomic mass is 19.4. The van der Waals surface area contributed by atoms with Crippen LogP contribution in [0, 0.1) is 5.92 Å². The monoisotopic (exact) mass is 404 g/mol. The molecule has 2 amide bonds. The molecule has 0 bridgehead atoms. The Hall–Kier alpha value is -2.83. The molecular formula is C22H23F3N2O2. The van der Waals surface area contributed by atoms with Crippen molar-refractivity contribution < 1.29 is 22.8 Å². The first kappa shape index (κ1) is 20.9. The number of hydrogen-bond donors (Lipinski definition) is 1. The van der Waals surface area contributed by atoms with Gasteiger partial charge in [0, 0.05) is 30.3 Å². The molecule has 0 saturated heterocycles. The minimum Gasteiger partial charge on any atom is -0.338 e. The summed E-state index contributed by atoms with van der Waals surface area (Å²) in [4.78, 5) is 26.7. The number of halogens is 3. The second-order valence-corrected chi connectivity index (χ2v) is 7.33. The zero-order valence-electron chi connectivity index (χ0n) is 16.3. The summed E-state index contributed by atoms with van der Waals surface area (Å²) in [5, 5.41) is 2.72. The van der Waals surface area contributed by atoms with Crippen LogP contribution in [-0.2, 0) is 23.9 Å². The van der Waals surface area contributed by atoms with Crippen LogP contribution in [0.4, 0.5) is 18.9 Å². The van der Waals surface area contributed by atoms with E-state index in [0.717, 1.165) is 48.2 Å². The van der Waals surface area contributed by atoms with Crippen LogP contribution in [0.15, 0.2) is 42.5 Å². The average Bonchev–Trinajstić information content (AvgIpc) is 2.71. The molecule has 1 aliphatic rings. The van der Waals surface area contributed by atoms with Crippen molar-refractivity contribution in [2.75, 3.05) is 11.9 Å². The van der Waals surface area contributed by atoms with Crippen molar-refractivity contribution in [3.8, 4) is 0 Å². The normalized spacial score (nSPS) is 14.9. The quantitative estimate of drug-likeness (QED) is 0.789. The molecule has 0 aromatic heterocycles. The van der Waals surface area contributed by atoms with Gasteiger partial charge in [-0.15, -0.1) is 0 Å². The number of carbonyl (C=O) groups is 2. The van der Waals surface area contributed by atoms with Gasteiger partial charge < -0.3 is 10.2 Å². The minimum absolute atomic E-state index is 0.0286. The van der Waals surface area contributed by atoms with E-state index in [1.54, 1.807) is 6.07 Å². The van der Waals surface area contributed by atoms with E-state index < -0.39 is 17.6 Å². The highest BCUT2D eigenvalue weighted by Gasteiger charge is 2.30. The third kappa shape index (κ3) is 4.78. The number of rotatable bonds is 4. The predicted molar refractivity (Wildman–Crippen MR) is 104 cm³/mol. The van der Waals surface area contributed by atoms with Gasteiger partial charge in [0.05, 0.1) is 5.56 Å². The van der Waals surface area contributed by atoms with Gasteiger partial charge in [0.1, 0.15) is 0 Å². The van der Waals surface area contributed by atoms with Gasteiger partial charge in [-0.25, -0.2) is 0 Å².